The molecule has 0 radical (unpaired) electrons. The molecule has 1 N–H and O–H groups in total. The molecule has 1 aliphatic heterocycles. The lowest BCUT2D eigenvalue weighted by molar-refractivity contribution is 0.0696. The molecule has 19 heavy (non-hydrogen) atoms. The second-order valence-corrected chi connectivity index (χ2v) is 5.96. The maximum Gasteiger partial charge on any atom is 0.355 e. The Hall–Kier alpha value is -1.70. The van der Waals surface area contributed by atoms with E-state index >= 15 is 0 Å². The Morgan fingerprint density at radius 1 is 1.37 bits per heavy atom. The van der Waals surface area contributed by atoms with Gasteiger partial charge < -0.3 is 5.11 Å². The summed E-state index contributed by atoms with van der Waals surface area (Å²) in [5.41, 5.74) is 0.599. The third-order valence-electron chi connectivity index (χ3n) is 2.93. The van der Waals surface area contributed by atoms with Gasteiger partial charge in [0.1, 0.15) is 0 Å². The molecule has 0 saturated carbocycles. The number of alkyl halides is 2. The molecule has 2 rings (SSSR count). The van der Waals surface area contributed by atoms with Gasteiger partial charge in [0.25, 0.3) is 10.0 Å². The minimum absolute atomic E-state index is 0.00930. The van der Waals surface area contributed by atoms with Crippen LogP contribution < -0.4 is 4.31 Å². The first kappa shape index (κ1) is 13.7. The average Bonchev–Trinajstić information content (AvgIpc) is 2.36. The van der Waals surface area contributed by atoms with Crippen molar-refractivity contribution in [3.63, 3.8) is 0 Å². The van der Waals surface area contributed by atoms with Crippen molar-refractivity contribution < 1.29 is 27.1 Å². The number of fused-ring (bicyclic) bond motifs is 1. The van der Waals surface area contributed by atoms with Crippen LogP contribution in [-0.4, -0.2) is 31.8 Å². The monoisotopic (exact) mass is 291 g/mol. The summed E-state index contributed by atoms with van der Waals surface area (Å²) in [5, 5.41) is 8.85. The molecule has 1 aromatic carbocycles. The van der Waals surface area contributed by atoms with Gasteiger partial charge in [-0.15, -0.1) is 0 Å². The van der Waals surface area contributed by atoms with Crippen LogP contribution in [0.4, 0.5) is 14.5 Å². The first-order valence-corrected chi connectivity index (χ1v) is 7.00. The van der Waals surface area contributed by atoms with E-state index in [0.29, 0.717) is 22.7 Å². The number of halogens is 2. The summed E-state index contributed by atoms with van der Waals surface area (Å²) in [5.74, 6) is -4.63. The molecule has 0 aliphatic carbocycles. The molecule has 5 nitrogen and oxygen atoms in total. The van der Waals surface area contributed by atoms with Gasteiger partial charge in [-0.05, 0) is 36.6 Å². The van der Waals surface area contributed by atoms with Crippen molar-refractivity contribution >= 4 is 21.7 Å². The highest BCUT2D eigenvalue weighted by molar-refractivity contribution is 7.93. The minimum atomic E-state index is -4.69. The average molecular weight is 291 g/mol. The van der Waals surface area contributed by atoms with E-state index in [4.69, 9.17) is 5.11 Å². The predicted octanol–water partition coefficient (Wildman–Crippen LogP) is 1.69. The number of carboxylic acid groups (broad SMARTS) is 1. The van der Waals surface area contributed by atoms with Crippen LogP contribution in [0.25, 0.3) is 0 Å². The zero-order chi connectivity index (χ0) is 14.2. The number of anilines is 1. The topological polar surface area (TPSA) is 74.7 Å². The molecule has 0 bridgehead atoms. The third kappa shape index (κ3) is 2.40. The predicted molar refractivity (Wildman–Crippen MR) is 64.0 cm³/mol. The summed E-state index contributed by atoms with van der Waals surface area (Å²) in [6.45, 7) is -0.0217. The Morgan fingerprint density at radius 2 is 2.05 bits per heavy atom. The number of hydrogen-bond acceptors (Lipinski definition) is 3. The molecule has 1 aliphatic rings. The van der Waals surface area contributed by atoms with E-state index in [1.807, 2.05) is 0 Å². The molecule has 1 aromatic rings. The standard InChI is InChI=1S/C11H11F2NO4S/c12-11(13)19(17,18)14-5-1-2-7-6-8(10(15)16)3-4-9(7)14/h3-4,6,11H,1-2,5H2,(H,15,16). The summed E-state index contributed by atoms with van der Waals surface area (Å²) < 4.78 is 48.9. The lowest BCUT2D eigenvalue weighted by atomic mass is 10.0. The maximum absolute atomic E-state index is 12.6. The number of carbonyl (C=O) groups is 1. The summed E-state index contributed by atoms with van der Waals surface area (Å²) in [6, 6.07) is 3.79. The molecule has 0 saturated heterocycles. The molecule has 0 unspecified atom stereocenters. The molecule has 0 spiro atoms. The SMILES string of the molecule is O=C(O)c1ccc2c(c1)CCCN2S(=O)(=O)C(F)F. The zero-order valence-corrected chi connectivity index (χ0v) is 10.5. The van der Waals surface area contributed by atoms with E-state index in [1.165, 1.54) is 18.2 Å². The molecule has 0 amide bonds. The van der Waals surface area contributed by atoms with Crippen LogP contribution in [0.3, 0.4) is 0 Å². The number of sulfonamides is 1. The van der Waals surface area contributed by atoms with Gasteiger partial charge in [-0.2, -0.15) is 8.78 Å². The smallest absolute Gasteiger partial charge is 0.355 e. The second kappa shape index (κ2) is 4.76. The number of hydrogen-bond donors (Lipinski definition) is 1. The van der Waals surface area contributed by atoms with E-state index in [9.17, 15) is 22.0 Å². The van der Waals surface area contributed by atoms with Crippen molar-refractivity contribution in [1.82, 2.24) is 0 Å². The minimum Gasteiger partial charge on any atom is -0.478 e. The fourth-order valence-electron chi connectivity index (χ4n) is 2.06. The Bertz CT molecular complexity index is 615. The fourth-order valence-corrected chi connectivity index (χ4v) is 3.08. The summed E-state index contributed by atoms with van der Waals surface area (Å²) in [7, 11) is -4.69. The van der Waals surface area contributed by atoms with Crippen LogP contribution in [-0.2, 0) is 16.4 Å². The molecule has 0 fully saturated rings. The summed E-state index contributed by atoms with van der Waals surface area (Å²) in [6.07, 6.45) is 0.841. The largest absolute Gasteiger partial charge is 0.478 e. The van der Waals surface area contributed by atoms with Crippen LogP contribution >= 0.6 is 0 Å². The number of nitrogens with zero attached hydrogens (tertiary/aromatic N) is 1. The van der Waals surface area contributed by atoms with Gasteiger partial charge in [-0.25, -0.2) is 13.2 Å². The van der Waals surface area contributed by atoms with E-state index in [2.05, 4.69) is 0 Å². The fraction of sp³-hybridized carbons (Fsp3) is 0.364. The summed E-state index contributed by atoms with van der Waals surface area (Å²) >= 11 is 0. The number of aryl methyl sites for hydroxylation is 1. The van der Waals surface area contributed by atoms with Crippen molar-refractivity contribution in [3.05, 3.63) is 29.3 Å². The number of aromatic carboxylic acids is 1. The van der Waals surface area contributed by atoms with E-state index < -0.39 is 21.8 Å². The second-order valence-electron chi connectivity index (χ2n) is 4.13. The van der Waals surface area contributed by atoms with E-state index in [0.717, 1.165) is 0 Å². The molecule has 1 heterocycles. The van der Waals surface area contributed by atoms with Crippen molar-refractivity contribution in [1.29, 1.82) is 0 Å². The van der Waals surface area contributed by atoms with Crippen molar-refractivity contribution in [2.24, 2.45) is 0 Å². The number of rotatable bonds is 3. The van der Waals surface area contributed by atoms with Crippen LogP contribution in [0.5, 0.6) is 0 Å². The van der Waals surface area contributed by atoms with Gasteiger partial charge in [-0.3, -0.25) is 4.31 Å². The van der Waals surface area contributed by atoms with Gasteiger partial charge in [0.15, 0.2) is 0 Å². The molecule has 8 heteroatoms. The van der Waals surface area contributed by atoms with Crippen molar-refractivity contribution in [2.75, 3.05) is 10.8 Å². The van der Waals surface area contributed by atoms with Gasteiger partial charge in [0, 0.05) is 6.54 Å². The lowest BCUT2D eigenvalue weighted by Gasteiger charge is -2.30. The summed E-state index contributed by atoms with van der Waals surface area (Å²) in [4.78, 5) is 10.8. The van der Waals surface area contributed by atoms with Crippen molar-refractivity contribution in [3.8, 4) is 0 Å². The van der Waals surface area contributed by atoms with E-state index in [1.54, 1.807) is 0 Å². The molecule has 104 valence electrons. The zero-order valence-electron chi connectivity index (χ0n) is 9.71. The van der Waals surface area contributed by atoms with Crippen LogP contribution in [0, 0.1) is 0 Å². The van der Waals surface area contributed by atoms with Crippen LogP contribution in [0.2, 0.25) is 0 Å². The Balaban J connectivity index is 2.49. The molecular weight excluding hydrogens is 280 g/mol. The van der Waals surface area contributed by atoms with Gasteiger partial charge in [0.05, 0.1) is 11.3 Å². The maximum atomic E-state index is 12.6. The van der Waals surface area contributed by atoms with Gasteiger partial charge in [0.2, 0.25) is 0 Å². The molecular formula is C11H11F2NO4S. The van der Waals surface area contributed by atoms with Gasteiger partial charge >= 0.3 is 11.7 Å². The highest BCUT2D eigenvalue weighted by Gasteiger charge is 2.35. The Kier molecular flexibility index (Phi) is 3.44. The Morgan fingerprint density at radius 3 is 2.63 bits per heavy atom. The molecule has 0 atom stereocenters. The quantitative estimate of drug-likeness (QED) is 0.919. The molecule has 0 aromatic heterocycles. The van der Waals surface area contributed by atoms with E-state index in [-0.39, 0.29) is 17.8 Å². The Labute approximate surface area is 108 Å². The lowest BCUT2D eigenvalue weighted by Crippen LogP contribution is -2.39. The van der Waals surface area contributed by atoms with Crippen LogP contribution in [0.15, 0.2) is 18.2 Å². The number of carboxylic acids is 1. The highest BCUT2D eigenvalue weighted by atomic mass is 32.2. The van der Waals surface area contributed by atoms with Crippen molar-refractivity contribution in [2.45, 2.75) is 18.6 Å². The highest BCUT2D eigenvalue weighted by Crippen LogP contribution is 2.31. The van der Waals surface area contributed by atoms with Gasteiger partial charge in [-0.1, -0.05) is 0 Å². The normalized spacial score (nSPS) is 15.4. The van der Waals surface area contributed by atoms with Crippen LogP contribution in [0.1, 0.15) is 22.3 Å². The first-order chi connectivity index (χ1) is 8.84. The first-order valence-electron chi connectivity index (χ1n) is 5.50. The third-order valence-corrected chi connectivity index (χ3v) is 4.38. The number of benzene rings is 1.